The third kappa shape index (κ3) is 6.82. The highest BCUT2D eigenvalue weighted by molar-refractivity contribution is 7.80. The van der Waals surface area contributed by atoms with E-state index in [-0.39, 0.29) is 31.3 Å². The molecule has 0 fully saturated rings. The highest BCUT2D eigenvalue weighted by Gasteiger charge is 2.13. The Kier molecular flexibility index (Phi) is 8.22. The predicted octanol–water partition coefficient (Wildman–Crippen LogP) is 5.01. The fourth-order valence-electron chi connectivity index (χ4n) is 3.04. The third-order valence-corrected chi connectivity index (χ3v) is 5.15. The number of carbonyl (C=O) groups excluding carboxylic acids is 2. The maximum atomic E-state index is 12.6. The minimum absolute atomic E-state index is 0.0401. The van der Waals surface area contributed by atoms with Gasteiger partial charge in [-0.05, 0) is 35.7 Å². The van der Waals surface area contributed by atoms with Crippen molar-refractivity contribution in [2.75, 3.05) is 13.2 Å². The van der Waals surface area contributed by atoms with Crippen LogP contribution in [0.2, 0.25) is 0 Å². The third-order valence-electron chi connectivity index (χ3n) is 4.86. The van der Waals surface area contributed by atoms with E-state index in [1.165, 1.54) is 5.56 Å². The number of benzene rings is 2. The minimum Gasteiger partial charge on any atom is -0.484 e. The summed E-state index contributed by atoms with van der Waals surface area (Å²) in [5.41, 5.74) is 3.24. The summed E-state index contributed by atoms with van der Waals surface area (Å²) in [6, 6.07) is 22.7. The molecule has 0 bridgehead atoms. The summed E-state index contributed by atoms with van der Waals surface area (Å²) in [6.07, 6.45) is 0.0401. The number of nitrogens with one attached hydrogen (secondary N) is 1. The number of rotatable bonds is 10. The van der Waals surface area contributed by atoms with Crippen molar-refractivity contribution in [3.8, 4) is 17.0 Å². The molecule has 0 spiro atoms. The predicted molar refractivity (Wildman–Crippen MR) is 130 cm³/mol. The van der Waals surface area contributed by atoms with Crippen LogP contribution in [0.4, 0.5) is 0 Å². The van der Waals surface area contributed by atoms with Crippen molar-refractivity contribution in [2.45, 2.75) is 26.2 Å². The topological polar surface area (TPSA) is 68.3 Å². The van der Waals surface area contributed by atoms with E-state index >= 15 is 0 Å². The Labute approximate surface area is 193 Å². The van der Waals surface area contributed by atoms with E-state index < -0.39 is 0 Å². The summed E-state index contributed by atoms with van der Waals surface area (Å²) in [7, 11) is 0. The lowest BCUT2D eigenvalue weighted by atomic mass is 10.0. The summed E-state index contributed by atoms with van der Waals surface area (Å²) in [4.78, 5) is 29.5. The number of aromatic nitrogens is 1. The molecule has 164 valence electrons. The van der Waals surface area contributed by atoms with Crippen molar-refractivity contribution in [1.82, 2.24) is 10.3 Å². The smallest absolute Gasteiger partial charge is 0.258 e. The second kappa shape index (κ2) is 11.3. The summed E-state index contributed by atoms with van der Waals surface area (Å²) in [5.74, 6) is 0.596. The Morgan fingerprint density at radius 2 is 1.69 bits per heavy atom. The van der Waals surface area contributed by atoms with Crippen LogP contribution in [0, 0.1) is 0 Å². The van der Waals surface area contributed by atoms with Gasteiger partial charge in [-0.3, -0.25) is 9.59 Å². The van der Waals surface area contributed by atoms with Gasteiger partial charge in [0.1, 0.15) is 11.4 Å². The van der Waals surface area contributed by atoms with Crippen LogP contribution in [0.25, 0.3) is 11.3 Å². The molecule has 0 saturated heterocycles. The molecule has 3 aromatic rings. The summed E-state index contributed by atoms with van der Waals surface area (Å²) in [5, 5.41) is 2.70. The summed E-state index contributed by atoms with van der Waals surface area (Å²) in [6.45, 7) is 4.26. The normalized spacial score (nSPS) is 10.6. The van der Waals surface area contributed by atoms with Gasteiger partial charge in [-0.25, -0.2) is 4.98 Å². The molecule has 6 heteroatoms. The molecule has 1 amide bonds. The van der Waals surface area contributed by atoms with Crippen LogP contribution in [0.1, 0.15) is 42.2 Å². The van der Waals surface area contributed by atoms with E-state index in [9.17, 15) is 9.59 Å². The van der Waals surface area contributed by atoms with Crippen molar-refractivity contribution >= 4 is 28.8 Å². The number of amides is 1. The number of hydrogen-bond acceptors (Lipinski definition) is 5. The average Bonchev–Trinajstić information content (AvgIpc) is 2.82. The first-order valence-corrected chi connectivity index (χ1v) is 10.9. The van der Waals surface area contributed by atoms with Crippen molar-refractivity contribution in [3.05, 3.63) is 84.1 Å². The standard InChI is InChI=1S/C26H26N2O3S/c1-18(2)19-11-13-21(14-12-19)31-17-26(30)27-16-22(32)15-25(29)24-10-6-9-23(28-24)20-7-4-3-5-8-20/h3-14,18H,15-17H2,1-2H3,(H,27,30). The first kappa shape index (κ1) is 23.3. The minimum atomic E-state index is -0.295. The maximum absolute atomic E-state index is 12.6. The lowest BCUT2D eigenvalue weighted by molar-refractivity contribution is -0.122. The molecule has 0 unspecified atom stereocenters. The van der Waals surface area contributed by atoms with Crippen molar-refractivity contribution in [2.24, 2.45) is 0 Å². The largest absolute Gasteiger partial charge is 0.484 e. The van der Waals surface area contributed by atoms with E-state index in [0.717, 1.165) is 11.3 Å². The molecule has 5 nitrogen and oxygen atoms in total. The SMILES string of the molecule is CC(C)c1ccc(OCC(=O)NCC(=S)CC(=O)c2cccc(-c3ccccc3)n2)cc1. The van der Waals surface area contributed by atoms with Gasteiger partial charge in [0.2, 0.25) is 0 Å². The Bertz CT molecular complexity index is 1080. The summed E-state index contributed by atoms with van der Waals surface area (Å²) >= 11 is 5.29. The zero-order chi connectivity index (χ0) is 22.9. The van der Waals surface area contributed by atoms with Gasteiger partial charge in [0.25, 0.3) is 5.91 Å². The molecule has 0 radical (unpaired) electrons. The number of nitrogens with zero attached hydrogens (tertiary/aromatic N) is 1. The zero-order valence-corrected chi connectivity index (χ0v) is 19.0. The fraction of sp³-hybridized carbons (Fsp3) is 0.231. The lowest BCUT2D eigenvalue weighted by Gasteiger charge is -2.10. The van der Waals surface area contributed by atoms with Gasteiger partial charge >= 0.3 is 0 Å². The molecule has 0 saturated carbocycles. The quantitative estimate of drug-likeness (QED) is 0.350. The van der Waals surface area contributed by atoms with Crippen molar-refractivity contribution < 1.29 is 14.3 Å². The van der Waals surface area contributed by atoms with Crippen LogP contribution < -0.4 is 10.1 Å². The Morgan fingerprint density at radius 3 is 2.38 bits per heavy atom. The maximum Gasteiger partial charge on any atom is 0.258 e. The number of Topliss-reactive ketones (excluding diaryl/α,β-unsaturated/α-hetero) is 1. The van der Waals surface area contributed by atoms with Crippen molar-refractivity contribution in [1.29, 1.82) is 0 Å². The van der Waals surface area contributed by atoms with Crippen LogP contribution in [-0.2, 0) is 4.79 Å². The average molecular weight is 447 g/mol. The van der Waals surface area contributed by atoms with Gasteiger partial charge in [0.05, 0.1) is 5.69 Å². The van der Waals surface area contributed by atoms with E-state index in [0.29, 0.717) is 22.2 Å². The van der Waals surface area contributed by atoms with Gasteiger partial charge in [0, 0.05) is 23.4 Å². The van der Waals surface area contributed by atoms with Gasteiger partial charge in [-0.1, -0.05) is 74.6 Å². The van der Waals surface area contributed by atoms with Crippen LogP contribution in [0.15, 0.2) is 72.8 Å². The molecular weight excluding hydrogens is 420 g/mol. The molecule has 0 aliphatic carbocycles. The number of ether oxygens (including phenoxy) is 1. The van der Waals surface area contributed by atoms with Crippen molar-refractivity contribution in [3.63, 3.8) is 0 Å². The molecule has 0 atom stereocenters. The molecule has 1 aromatic heterocycles. The molecule has 1 N–H and O–H groups in total. The first-order chi connectivity index (χ1) is 15.4. The molecule has 0 aliphatic rings. The number of ketones is 1. The summed E-state index contributed by atoms with van der Waals surface area (Å²) < 4.78 is 5.51. The highest BCUT2D eigenvalue weighted by Crippen LogP contribution is 2.19. The van der Waals surface area contributed by atoms with Gasteiger partial charge in [-0.15, -0.1) is 0 Å². The van der Waals surface area contributed by atoms with E-state index in [4.69, 9.17) is 17.0 Å². The van der Waals surface area contributed by atoms with Gasteiger partial charge < -0.3 is 10.1 Å². The first-order valence-electron chi connectivity index (χ1n) is 10.5. The van der Waals surface area contributed by atoms with E-state index in [1.807, 2.05) is 60.7 Å². The molecule has 3 rings (SSSR count). The Hall–Kier alpha value is -3.38. The molecular formula is C26H26N2O3S. The van der Waals surface area contributed by atoms with E-state index in [1.54, 1.807) is 12.1 Å². The van der Waals surface area contributed by atoms with Gasteiger partial charge in [0.15, 0.2) is 12.4 Å². The molecule has 32 heavy (non-hydrogen) atoms. The highest BCUT2D eigenvalue weighted by atomic mass is 32.1. The van der Waals surface area contributed by atoms with Crippen LogP contribution in [0.3, 0.4) is 0 Å². The number of thiocarbonyl (C=S) groups is 1. The van der Waals surface area contributed by atoms with Crippen LogP contribution in [-0.4, -0.2) is 34.7 Å². The molecule has 2 aromatic carbocycles. The van der Waals surface area contributed by atoms with E-state index in [2.05, 4.69) is 24.1 Å². The number of pyridine rings is 1. The Balaban J connectivity index is 1.45. The fourth-order valence-corrected chi connectivity index (χ4v) is 3.24. The number of carbonyl (C=O) groups is 2. The number of hydrogen-bond donors (Lipinski definition) is 1. The van der Waals surface area contributed by atoms with Crippen LogP contribution >= 0.6 is 12.2 Å². The molecule has 1 heterocycles. The monoisotopic (exact) mass is 446 g/mol. The zero-order valence-electron chi connectivity index (χ0n) is 18.2. The second-order valence-corrected chi connectivity index (χ2v) is 8.28. The van der Waals surface area contributed by atoms with Crippen LogP contribution in [0.5, 0.6) is 5.75 Å². The van der Waals surface area contributed by atoms with Gasteiger partial charge in [-0.2, -0.15) is 0 Å². The Morgan fingerprint density at radius 1 is 0.969 bits per heavy atom. The second-order valence-electron chi connectivity index (χ2n) is 7.70. The lowest BCUT2D eigenvalue weighted by Crippen LogP contribution is -2.33. The molecule has 0 aliphatic heterocycles.